The summed E-state index contributed by atoms with van der Waals surface area (Å²) in [5.74, 6) is -0.215. The van der Waals surface area contributed by atoms with E-state index in [1.807, 2.05) is 0 Å². The molecule has 9 nitrogen and oxygen atoms in total. The maximum Gasteiger partial charge on any atom is 0.271 e. The van der Waals surface area contributed by atoms with Crippen molar-refractivity contribution in [3.63, 3.8) is 0 Å². The Morgan fingerprint density at radius 2 is 1.85 bits per heavy atom. The van der Waals surface area contributed by atoms with Crippen LogP contribution in [0.4, 0.5) is 5.69 Å². The molecule has 0 spiro atoms. The van der Waals surface area contributed by atoms with E-state index in [1.54, 1.807) is 0 Å². The van der Waals surface area contributed by atoms with Gasteiger partial charge in [0, 0.05) is 0 Å². The maximum atomic E-state index is 11.4. The van der Waals surface area contributed by atoms with Gasteiger partial charge in [-0.25, -0.2) is 0 Å². The summed E-state index contributed by atoms with van der Waals surface area (Å²) < 4.78 is 9.61. The Balaban J connectivity index is 2.19. The van der Waals surface area contributed by atoms with Crippen molar-refractivity contribution < 1.29 is 29.9 Å². The van der Waals surface area contributed by atoms with Crippen LogP contribution in [0.5, 0.6) is 5.75 Å². The van der Waals surface area contributed by atoms with E-state index < -0.39 is 48.1 Å². The van der Waals surface area contributed by atoms with E-state index in [0.717, 1.165) is 0 Å². The van der Waals surface area contributed by atoms with Crippen LogP contribution in [0.3, 0.4) is 0 Å². The molecule has 9 heteroatoms. The van der Waals surface area contributed by atoms with Crippen LogP contribution < -0.4 is 20.9 Å². The fraction of sp³-hybridized carbons (Fsp3) is 0.636. The molecule has 0 saturated carbocycles. The number of anilines is 1. The van der Waals surface area contributed by atoms with Gasteiger partial charge in [0.05, 0.1) is 13.7 Å². The molecule has 1 aromatic carbocycles. The molecule has 1 fully saturated rings. The van der Waals surface area contributed by atoms with Crippen molar-refractivity contribution in [1.29, 1.82) is 0 Å². The Hall–Kier alpha value is -1.52. The summed E-state index contributed by atoms with van der Waals surface area (Å²) in [6.45, 7) is -0.592. The fourth-order valence-electron chi connectivity index (χ4n) is 2.12. The average Bonchev–Trinajstić information content (AvgIpc) is 2.45. The van der Waals surface area contributed by atoms with Gasteiger partial charge in [0.15, 0.2) is 12.0 Å². The summed E-state index contributed by atoms with van der Waals surface area (Å²) in [6.07, 6.45) is -5.70. The summed E-state index contributed by atoms with van der Waals surface area (Å²) in [5, 5.41) is 40.6. The van der Waals surface area contributed by atoms with Crippen LogP contribution in [0.15, 0.2) is 9.59 Å². The van der Waals surface area contributed by atoms with Gasteiger partial charge < -0.3 is 35.2 Å². The SMILES string of the molecule is COc1c(N[C@H]2C(O)O[C@H](CO)[C@@H](O)[C@@H]2O)c(=O)c1=O. The van der Waals surface area contributed by atoms with Gasteiger partial charge in [-0.05, 0) is 0 Å². The van der Waals surface area contributed by atoms with Crippen LogP contribution in [0, 0.1) is 0 Å². The largest absolute Gasteiger partial charge is 0.491 e. The van der Waals surface area contributed by atoms with Crippen LogP contribution >= 0.6 is 0 Å². The Morgan fingerprint density at radius 1 is 1.20 bits per heavy atom. The minimum Gasteiger partial charge on any atom is -0.491 e. The Kier molecular flexibility index (Phi) is 4.06. The molecule has 0 amide bonds. The highest BCUT2D eigenvalue weighted by Gasteiger charge is 2.44. The summed E-state index contributed by atoms with van der Waals surface area (Å²) >= 11 is 0. The Labute approximate surface area is 112 Å². The highest BCUT2D eigenvalue weighted by atomic mass is 16.6. The second-order valence-electron chi connectivity index (χ2n) is 4.47. The summed E-state index contributed by atoms with van der Waals surface area (Å²) in [4.78, 5) is 22.5. The summed E-state index contributed by atoms with van der Waals surface area (Å²) in [7, 11) is 1.20. The number of hydrogen-bond donors (Lipinski definition) is 5. The van der Waals surface area contributed by atoms with Crippen molar-refractivity contribution in [3.05, 3.63) is 20.4 Å². The number of methoxy groups -OCH3 is 1. The Morgan fingerprint density at radius 3 is 2.40 bits per heavy atom. The van der Waals surface area contributed by atoms with Crippen LogP contribution in [0.1, 0.15) is 0 Å². The number of nitrogens with one attached hydrogen (secondary N) is 1. The first kappa shape index (κ1) is 14.9. The smallest absolute Gasteiger partial charge is 0.271 e. The third kappa shape index (κ3) is 2.19. The number of rotatable bonds is 4. The lowest BCUT2D eigenvalue weighted by atomic mass is 9.96. The van der Waals surface area contributed by atoms with Crippen LogP contribution in [0.2, 0.25) is 0 Å². The topological polar surface area (TPSA) is 146 Å². The molecule has 5 atom stereocenters. The molecule has 1 heterocycles. The van der Waals surface area contributed by atoms with Gasteiger partial charge in [-0.15, -0.1) is 0 Å². The van der Waals surface area contributed by atoms with Gasteiger partial charge in [-0.1, -0.05) is 0 Å². The van der Waals surface area contributed by atoms with Crippen molar-refractivity contribution in [3.8, 4) is 5.75 Å². The lowest BCUT2D eigenvalue weighted by Crippen LogP contribution is -2.61. The standard InChI is InChI=1S/C11H15NO8/c1-19-10-4(7(15)9(10)17)12-5-8(16)6(14)3(2-13)20-11(5)18/h3,5-6,8,11-14,16,18H,2H2,1H3/t3-,5-,6-,8-,11?/m1/s1. The van der Waals surface area contributed by atoms with Crippen LogP contribution in [-0.2, 0) is 4.74 Å². The summed E-state index contributed by atoms with van der Waals surface area (Å²) in [5.41, 5.74) is -1.86. The first-order valence-corrected chi connectivity index (χ1v) is 5.86. The molecule has 5 N–H and O–H groups in total. The first-order valence-electron chi connectivity index (χ1n) is 5.86. The third-order valence-electron chi connectivity index (χ3n) is 3.28. The number of ether oxygens (including phenoxy) is 2. The molecule has 2 rings (SSSR count). The fourth-order valence-corrected chi connectivity index (χ4v) is 2.12. The molecule has 0 bridgehead atoms. The quantitative estimate of drug-likeness (QED) is 0.356. The highest BCUT2D eigenvalue weighted by molar-refractivity contribution is 5.62. The maximum absolute atomic E-state index is 11.4. The normalized spacial score (nSPS) is 34.1. The number of aliphatic hydroxyl groups excluding tert-OH is 4. The molecule has 1 aromatic rings. The molecule has 0 aliphatic carbocycles. The van der Waals surface area contributed by atoms with E-state index in [2.05, 4.69) is 5.32 Å². The van der Waals surface area contributed by atoms with Gasteiger partial charge in [-0.2, -0.15) is 0 Å². The predicted octanol–water partition coefficient (Wildman–Crippen LogP) is -3.50. The minimum absolute atomic E-state index is 0.196. The Bertz CT molecular complexity index is 551. The van der Waals surface area contributed by atoms with E-state index in [4.69, 9.17) is 14.6 Å². The second kappa shape index (κ2) is 5.46. The second-order valence-corrected chi connectivity index (χ2v) is 4.47. The van der Waals surface area contributed by atoms with Crippen molar-refractivity contribution in [1.82, 2.24) is 0 Å². The van der Waals surface area contributed by atoms with Crippen molar-refractivity contribution in [2.45, 2.75) is 30.6 Å². The van der Waals surface area contributed by atoms with E-state index in [1.165, 1.54) is 7.11 Å². The molecule has 20 heavy (non-hydrogen) atoms. The van der Waals surface area contributed by atoms with Crippen molar-refractivity contribution in [2.24, 2.45) is 0 Å². The number of hydrogen-bond acceptors (Lipinski definition) is 9. The van der Waals surface area contributed by atoms with E-state index >= 15 is 0 Å². The summed E-state index contributed by atoms with van der Waals surface area (Å²) in [6, 6.07) is -1.25. The molecular weight excluding hydrogens is 274 g/mol. The molecule has 1 unspecified atom stereocenters. The third-order valence-corrected chi connectivity index (χ3v) is 3.28. The minimum atomic E-state index is -1.58. The van der Waals surface area contributed by atoms with Gasteiger partial charge in [0.1, 0.15) is 30.0 Å². The van der Waals surface area contributed by atoms with Crippen molar-refractivity contribution in [2.75, 3.05) is 19.0 Å². The lowest BCUT2D eigenvalue weighted by Gasteiger charge is -2.40. The number of aliphatic hydroxyl groups is 4. The lowest BCUT2D eigenvalue weighted by molar-refractivity contribution is -0.245. The zero-order valence-corrected chi connectivity index (χ0v) is 10.5. The molecule has 0 radical (unpaired) electrons. The van der Waals surface area contributed by atoms with Gasteiger partial charge in [0.25, 0.3) is 10.9 Å². The van der Waals surface area contributed by atoms with Crippen LogP contribution in [-0.4, -0.2) is 64.8 Å². The zero-order valence-electron chi connectivity index (χ0n) is 10.5. The molecule has 0 aromatic heterocycles. The average molecular weight is 289 g/mol. The monoisotopic (exact) mass is 289 g/mol. The van der Waals surface area contributed by atoms with Gasteiger partial charge in [-0.3, -0.25) is 9.59 Å². The molecule has 112 valence electrons. The predicted molar refractivity (Wildman–Crippen MR) is 65.3 cm³/mol. The van der Waals surface area contributed by atoms with Crippen molar-refractivity contribution >= 4 is 5.69 Å². The molecule has 1 aliphatic heterocycles. The van der Waals surface area contributed by atoms with E-state index in [0.29, 0.717) is 0 Å². The molecular formula is C11H15NO8. The van der Waals surface area contributed by atoms with Gasteiger partial charge in [0.2, 0.25) is 0 Å². The highest BCUT2D eigenvalue weighted by Crippen LogP contribution is 2.25. The van der Waals surface area contributed by atoms with Crippen LogP contribution in [0.25, 0.3) is 0 Å². The molecule has 1 aliphatic rings. The van der Waals surface area contributed by atoms with E-state index in [-0.39, 0.29) is 11.4 Å². The van der Waals surface area contributed by atoms with E-state index in [9.17, 15) is 24.9 Å². The molecule has 1 saturated heterocycles. The first-order chi connectivity index (χ1) is 9.42. The van der Waals surface area contributed by atoms with Gasteiger partial charge >= 0.3 is 0 Å². The zero-order chi connectivity index (χ0) is 15.0.